The van der Waals surface area contributed by atoms with E-state index in [-0.39, 0.29) is 17.5 Å². The maximum atomic E-state index is 14.5. The third-order valence-electron chi connectivity index (χ3n) is 3.78. The fraction of sp³-hybridized carbons (Fsp3) is 0.471. The SMILES string of the molecule is CC(C)(C)OC(=O)N1CCN(c2ccc(C(=O)O)c(C=O)c2F)CC1. The number of anilines is 1. The Hall–Kier alpha value is -2.64. The molecule has 1 aliphatic rings. The molecule has 7 nitrogen and oxygen atoms in total. The van der Waals surface area contributed by atoms with Gasteiger partial charge in [-0.15, -0.1) is 0 Å². The molecule has 25 heavy (non-hydrogen) atoms. The highest BCUT2D eigenvalue weighted by atomic mass is 19.1. The van der Waals surface area contributed by atoms with E-state index < -0.39 is 29.0 Å². The van der Waals surface area contributed by atoms with E-state index in [1.165, 1.54) is 17.0 Å². The molecule has 1 N–H and O–H groups in total. The Morgan fingerprint density at radius 1 is 1.20 bits per heavy atom. The minimum atomic E-state index is -1.36. The van der Waals surface area contributed by atoms with Crippen LogP contribution in [0.25, 0.3) is 0 Å². The predicted molar refractivity (Wildman–Crippen MR) is 88.8 cm³/mol. The largest absolute Gasteiger partial charge is 0.478 e. The number of ether oxygens (including phenoxy) is 1. The van der Waals surface area contributed by atoms with Crippen LogP contribution >= 0.6 is 0 Å². The Balaban J connectivity index is 2.12. The van der Waals surface area contributed by atoms with Crippen molar-refractivity contribution >= 4 is 24.0 Å². The molecule has 0 atom stereocenters. The topological polar surface area (TPSA) is 87.2 Å². The smallest absolute Gasteiger partial charge is 0.410 e. The van der Waals surface area contributed by atoms with Gasteiger partial charge in [-0.05, 0) is 32.9 Å². The molecule has 0 aliphatic carbocycles. The van der Waals surface area contributed by atoms with Crippen molar-refractivity contribution in [2.75, 3.05) is 31.1 Å². The van der Waals surface area contributed by atoms with E-state index >= 15 is 0 Å². The summed E-state index contributed by atoms with van der Waals surface area (Å²) >= 11 is 0. The first-order chi connectivity index (χ1) is 11.6. The molecule has 0 unspecified atom stereocenters. The molecule has 2 rings (SSSR count). The molecule has 1 heterocycles. The van der Waals surface area contributed by atoms with E-state index in [9.17, 15) is 18.8 Å². The highest BCUT2D eigenvalue weighted by Gasteiger charge is 2.28. The Labute approximate surface area is 145 Å². The number of rotatable bonds is 3. The number of carboxylic acids is 1. The third-order valence-corrected chi connectivity index (χ3v) is 3.78. The second kappa shape index (κ2) is 7.08. The third kappa shape index (κ3) is 4.26. The lowest BCUT2D eigenvalue weighted by Gasteiger charge is -2.37. The highest BCUT2D eigenvalue weighted by Crippen LogP contribution is 2.26. The number of carbonyl (C=O) groups is 3. The lowest BCUT2D eigenvalue weighted by molar-refractivity contribution is 0.0240. The van der Waals surface area contributed by atoms with Crippen molar-refractivity contribution in [2.45, 2.75) is 26.4 Å². The summed E-state index contributed by atoms with van der Waals surface area (Å²) in [6.07, 6.45) is -0.221. The molecule has 136 valence electrons. The zero-order chi connectivity index (χ0) is 18.8. The second-order valence-corrected chi connectivity index (χ2v) is 6.74. The fourth-order valence-electron chi connectivity index (χ4n) is 2.58. The average Bonchev–Trinajstić information content (AvgIpc) is 2.53. The zero-order valence-electron chi connectivity index (χ0n) is 14.4. The van der Waals surface area contributed by atoms with Crippen molar-refractivity contribution < 1.29 is 28.6 Å². The zero-order valence-corrected chi connectivity index (χ0v) is 14.4. The van der Waals surface area contributed by atoms with Gasteiger partial charge in [0.1, 0.15) is 5.60 Å². The Bertz CT molecular complexity index is 691. The lowest BCUT2D eigenvalue weighted by atomic mass is 10.1. The highest BCUT2D eigenvalue weighted by molar-refractivity contribution is 5.98. The van der Waals surface area contributed by atoms with Gasteiger partial charge in [0.05, 0.1) is 16.8 Å². The summed E-state index contributed by atoms with van der Waals surface area (Å²) in [5.41, 5.74) is -1.29. The molecule has 1 fully saturated rings. The number of piperazine rings is 1. The van der Waals surface area contributed by atoms with Crippen LogP contribution in [0.3, 0.4) is 0 Å². The number of nitrogens with zero attached hydrogens (tertiary/aromatic N) is 2. The minimum absolute atomic E-state index is 0.149. The van der Waals surface area contributed by atoms with E-state index in [1.807, 2.05) is 0 Å². The predicted octanol–water partition coefficient (Wildman–Crippen LogP) is 2.39. The lowest BCUT2D eigenvalue weighted by Crippen LogP contribution is -2.50. The average molecular weight is 352 g/mol. The molecular formula is C17H21FN2O5. The molecule has 1 aromatic carbocycles. The first kappa shape index (κ1) is 18.7. The van der Waals surface area contributed by atoms with Crippen LogP contribution in [-0.4, -0.2) is 60.1 Å². The van der Waals surface area contributed by atoms with Gasteiger partial charge in [0, 0.05) is 26.2 Å². The summed E-state index contributed by atoms with van der Waals surface area (Å²) in [5.74, 6) is -2.22. The molecule has 1 amide bonds. The standard InChI is InChI=1S/C17H21FN2O5/c1-17(2,3)25-16(24)20-8-6-19(7-9-20)13-5-4-11(15(22)23)12(10-21)14(13)18/h4-5,10H,6-9H2,1-3H3,(H,22,23). The summed E-state index contributed by atoms with van der Waals surface area (Å²) in [4.78, 5) is 37.4. The molecule has 0 aromatic heterocycles. The van der Waals surface area contributed by atoms with Crippen LogP contribution in [0.5, 0.6) is 0 Å². The quantitative estimate of drug-likeness (QED) is 0.841. The Kier molecular flexibility index (Phi) is 5.30. The Morgan fingerprint density at radius 2 is 1.80 bits per heavy atom. The number of benzene rings is 1. The van der Waals surface area contributed by atoms with E-state index in [1.54, 1.807) is 25.7 Å². The normalized spacial score (nSPS) is 15.0. The van der Waals surface area contributed by atoms with Crippen molar-refractivity contribution in [3.8, 4) is 0 Å². The summed E-state index contributed by atoms with van der Waals surface area (Å²) < 4.78 is 19.8. The number of hydrogen-bond acceptors (Lipinski definition) is 5. The van der Waals surface area contributed by atoms with Gasteiger partial charge < -0.3 is 19.6 Å². The number of carbonyl (C=O) groups excluding carboxylic acids is 2. The monoisotopic (exact) mass is 352 g/mol. The molecule has 0 saturated carbocycles. The minimum Gasteiger partial charge on any atom is -0.478 e. The number of halogens is 1. The van der Waals surface area contributed by atoms with Gasteiger partial charge in [-0.3, -0.25) is 4.79 Å². The van der Waals surface area contributed by atoms with Crippen molar-refractivity contribution in [1.82, 2.24) is 4.90 Å². The van der Waals surface area contributed by atoms with Crippen LogP contribution in [0.2, 0.25) is 0 Å². The summed E-state index contributed by atoms with van der Waals surface area (Å²) in [6, 6.07) is 2.56. The number of amides is 1. The van der Waals surface area contributed by atoms with Crippen LogP contribution in [0.1, 0.15) is 41.5 Å². The van der Waals surface area contributed by atoms with Crippen LogP contribution < -0.4 is 4.90 Å². The van der Waals surface area contributed by atoms with Crippen molar-refractivity contribution in [2.24, 2.45) is 0 Å². The van der Waals surface area contributed by atoms with Gasteiger partial charge in [0.25, 0.3) is 0 Å². The van der Waals surface area contributed by atoms with Crippen LogP contribution in [0, 0.1) is 5.82 Å². The van der Waals surface area contributed by atoms with Crippen LogP contribution in [0.4, 0.5) is 14.9 Å². The molecule has 1 aromatic rings. The van der Waals surface area contributed by atoms with Crippen LogP contribution in [-0.2, 0) is 4.74 Å². The number of carboxylic acid groups (broad SMARTS) is 1. The molecule has 0 spiro atoms. The summed E-state index contributed by atoms with van der Waals surface area (Å²) in [6.45, 7) is 6.71. The first-order valence-corrected chi connectivity index (χ1v) is 7.88. The van der Waals surface area contributed by atoms with Gasteiger partial charge in [-0.1, -0.05) is 0 Å². The number of aldehydes is 1. The summed E-state index contributed by atoms with van der Waals surface area (Å²) in [7, 11) is 0. The van der Waals surface area contributed by atoms with Gasteiger partial charge in [0.2, 0.25) is 0 Å². The second-order valence-electron chi connectivity index (χ2n) is 6.74. The Morgan fingerprint density at radius 3 is 2.28 bits per heavy atom. The van der Waals surface area contributed by atoms with Gasteiger partial charge >= 0.3 is 12.1 Å². The van der Waals surface area contributed by atoms with Crippen molar-refractivity contribution in [3.63, 3.8) is 0 Å². The first-order valence-electron chi connectivity index (χ1n) is 7.88. The summed E-state index contributed by atoms with van der Waals surface area (Å²) in [5, 5.41) is 9.01. The maximum Gasteiger partial charge on any atom is 0.410 e. The number of hydrogen-bond donors (Lipinski definition) is 1. The van der Waals surface area contributed by atoms with Gasteiger partial charge in [-0.2, -0.15) is 0 Å². The molecule has 1 saturated heterocycles. The molecule has 1 aliphatic heterocycles. The van der Waals surface area contributed by atoms with E-state index in [0.29, 0.717) is 26.2 Å². The van der Waals surface area contributed by atoms with Crippen LogP contribution in [0.15, 0.2) is 12.1 Å². The molecule has 8 heteroatoms. The maximum absolute atomic E-state index is 14.5. The van der Waals surface area contributed by atoms with Gasteiger partial charge in [0.15, 0.2) is 12.1 Å². The fourth-order valence-corrected chi connectivity index (χ4v) is 2.58. The number of aromatic carboxylic acids is 1. The molecule has 0 radical (unpaired) electrons. The van der Waals surface area contributed by atoms with Crippen molar-refractivity contribution in [1.29, 1.82) is 0 Å². The van der Waals surface area contributed by atoms with E-state index in [4.69, 9.17) is 9.84 Å². The van der Waals surface area contributed by atoms with E-state index in [2.05, 4.69) is 0 Å². The van der Waals surface area contributed by atoms with Crippen molar-refractivity contribution in [3.05, 3.63) is 29.1 Å². The van der Waals surface area contributed by atoms with E-state index in [0.717, 1.165) is 0 Å². The van der Waals surface area contributed by atoms with Gasteiger partial charge in [-0.25, -0.2) is 14.0 Å². The molecule has 0 bridgehead atoms. The molecular weight excluding hydrogens is 331 g/mol.